The summed E-state index contributed by atoms with van der Waals surface area (Å²) in [4.78, 5) is 30.1. The van der Waals surface area contributed by atoms with Crippen LogP contribution >= 0.6 is 22.7 Å². The van der Waals surface area contributed by atoms with Gasteiger partial charge in [-0.15, -0.1) is 22.7 Å². The van der Waals surface area contributed by atoms with E-state index in [0.29, 0.717) is 24.0 Å². The number of thiazole rings is 1. The third kappa shape index (κ3) is 3.09. The molecule has 0 radical (unpaired) electrons. The van der Waals surface area contributed by atoms with Gasteiger partial charge in [0, 0.05) is 32.7 Å². The van der Waals surface area contributed by atoms with Crippen LogP contribution in [-0.2, 0) is 22.4 Å². The predicted molar refractivity (Wildman–Crippen MR) is 102 cm³/mol. The molecule has 0 saturated carbocycles. The van der Waals surface area contributed by atoms with Crippen molar-refractivity contribution in [2.24, 2.45) is 0 Å². The number of nitrogens with one attached hydrogen (secondary N) is 1. The number of rotatable bonds is 4. The maximum atomic E-state index is 12.8. The summed E-state index contributed by atoms with van der Waals surface area (Å²) in [6.07, 6.45) is 7.53. The number of nitrogens with zero attached hydrogens (tertiary/aromatic N) is 1. The molecule has 0 aliphatic heterocycles. The Balaban J connectivity index is 1.70. The number of aryl methyl sites for hydroxylation is 2. The SMILES string of the molecule is Cc1csc(-c2c(NC(=O)C3=C(C=O)CCCC3)sc3c2CCC3)n1. The van der Waals surface area contributed by atoms with Crippen LogP contribution in [0, 0.1) is 6.92 Å². The van der Waals surface area contributed by atoms with Gasteiger partial charge in [0.1, 0.15) is 16.3 Å². The minimum absolute atomic E-state index is 0.115. The van der Waals surface area contributed by atoms with Crippen molar-refractivity contribution in [3.8, 4) is 10.6 Å². The summed E-state index contributed by atoms with van der Waals surface area (Å²) in [6, 6.07) is 0. The number of carbonyl (C=O) groups excluding carboxylic acids is 2. The Morgan fingerprint density at radius 2 is 2.04 bits per heavy atom. The van der Waals surface area contributed by atoms with Gasteiger partial charge in [0.2, 0.25) is 0 Å². The van der Waals surface area contributed by atoms with Gasteiger partial charge in [-0.05, 0) is 57.4 Å². The summed E-state index contributed by atoms with van der Waals surface area (Å²) < 4.78 is 0. The van der Waals surface area contributed by atoms with Crippen LogP contribution in [-0.4, -0.2) is 17.2 Å². The molecule has 2 aromatic rings. The van der Waals surface area contributed by atoms with Crippen molar-refractivity contribution in [3.05, 3.63) is 32.7 Å². The van der Waals surface area contributed by atoms with Gasteiger partial charge in [-0.2, -0.15) is 0 Å². The van der Waals surface area contributed by atoms with E-state index in [-0.39, 0.29) is 5.91 Å². The smallest absolute Gasteiger partial charge is 0.252 e. The number of carbonyl (C=O) groups is 2. The van der Waals surface area contributed by atoms with E-state index in [1.54, 1.807) is 22.7 Å². The highest BCUT2D eigenvalue weighted by atomic mass is 32.1. The van der Waals surface area contributed by atoms with E-state index >= 15 is 0 Å². The minimum atomic E-state index is -0.115. The number of fused-ring (bicyclic) bond motifs is 1. The first-order chi connectivity index (χ1) is 12.2. The van der Waals surface area contributed by atoms with Gasteiger partial charge < -0.3 is 5.32 Å². The van der Waals surface area contributed by atoms with E-state index in [1.165, 1.54) is 16.9 Å². The molecule has 25 heavy (non-hydrogen) atoms. The lowest BCUT2D eigenvalue weighted by Crippen LogP contribution is -2.18. The van der Waals surface area contributed by atoms with E-state index in [1.807, 2.05) is 12.3 Å². The average Bonchev–Trinajstić information content (AvgIpc) is 3.30. The lowest BCUT2D eigenvalue weighted by molar-refractivity contribution is -0.113. The van der Waals surface area contributed by atoms with Crippen LogP contribution in [0.1, 0.15) is 48.2 Å². The zero-order valence-corrected chi connectivity index (χ0v) is 15.8. The fourth-order valence-electron chi connectivity index (χ4n) is 3.68. The maximum absolute atomic E-state index is 12.8. The molecule has 4 nitrogen and oxygen atoms in total. The summed E-state index contributed by atoms with van der Waals surface area (Å²) in [7, 11) is 0. The number of aromatic nitrogens is 1. The topological polar surface area (TPSA) is 59.1 Å². The second-order valence-corrected chi connectivity index (χ2v) is 8.60. The fourth-order valence-corrected chi connectivity index (χ4v) is 5.91. The Bertz CT molecular complexity index is 876. The number of thiophene rings is 1. The highest BCUT2D eigenvalue weighted by molar-refractivity contribution is 7.18. The van der Waals surface area contributed by atoms with Crippen molar-refractivity contribution < 1.29 is 9.59 Å². The van der Waals surface area contributed by atoms with Crippen molar-refractivity contribution in [3.63, 3.8) is 0 Å². The lowest BCUT2D eigenvalue weighted by atomic mass is 9.92. The van der Waals surface area contributed by atoms with Gasteiger partial charge in [-0.25, -0.2) is 4.98 Å². The first-order valence-corrected chi connectivity index (χ1v) is 10.4. The largest absolute Gasteiger partial charge is 0.313 e. The lowest BCUT2D eigenvalue weighted by Gasteiger charge is -2.16. The standard InChI is InChI=1S/C19H20N2O2S2/c1-11-10-24-18(20-11)16-14-7-4-8-15(14)25-19(16)21-17(23)13-6-3-2-5-12(13)9-22/h9-10H,2-8H2,1H3,(H,21,23). The molecule has 2 aromatic heterocycles. The molecule has 0 aromatic carbocycles. The molecule has 0 spiro atoms. The Morgan fingerprint density at radius 3 is 2.80 bits per heavy atom. The van der Waals surface area contributed by atoms with Crippen LogP contribution in [0.5, 0.6) is 0 Å². The summed E-state index contributed by atoms with van der Waals surface area (Å²) in [5.41, 5.74) is 4.79. The van der Waals surface area contributed by atoms with Gasteiger partial charge in [-0.1, -0.05) is 0 Å². The van der Waals surface area contributed by atoms with Crippen molar-refractivity contribution in [2.75, 3.05) is 5.32 Å². The minimum Gasteiger partial charge on any atom is -0.313 e. The highest BCUT2D eigenvalue weighted by Crippen LogP contribution is 2.46. The van der Waals surface area contributed by atoms with Crippen molar-refractivity contribution in [1.82, 2.24) is 4.98 Å². The van der Waals surface area contributed by atoms with E-state index in [2.05, 4.69) is 10.3 Å². The molecule has 2 aliphatic rings. The number of amides is 1. The van der Waals surface area contributed by atoms with Crippen molar-refractivity contribution in [2.45, 2.75) is 51.9 Å². The monoisotopic (exact) mass is 372 g/mol. The number of aldehydes is 1. The fraction of sp³-hybridized carbons (Fsp3) is 0.421. The molecule has 0 bridgehead atoms. The number of hydrogen-bond acceptors (Lipinski definition) is 5. The maximum Gasteiger partial charge on any atom is 0.252 e. The summed E-state index contributed by atoms with van der Waals surface area (Å²) in [5.74, 6) is -0.115. The summed E-state index contributed by atoms with van der Waals surface area (Å²) in [5, 5.41) is 7.04. The van der Waals surface area contributed by atoms with Crippen LogP contribution in [0.4, 0.5) is 5.00 Å². The Labute approximate surface area is 155 Å². The molecular formula is C19H20N2O2S2. The quantitative estimate of drug-likeness (QED) is 0.793. The van der Waals surface area contributed by atoms with Crippen LogP contribution < -0.4 is 5.32 Å². The third-order valence-corrected chi connectivity index (χ3v) is 7.09. The number of allylic oxidation sites excluding steroid dienone is 1. The molecule has 0 saturated heterocycles. The van der Waals surface area contributed by atoms with Crippen molar-refractivity contribution in [1.29, 1.82) is 0 Å². The predicted octanol–water partition coefficient (Wildman–Crippen LogP) is 4.68. The molecule has 0 unspecified atom stereocenters. The zero-order chi connectivity index (χ0) is 17.4. The molecule has 6 heteroatoms. The second kappa shape index (κ2) is 6.84. The van der Waals surface area contributed by atoms with E-state index in [9.17, 15) is 9.59 Å². The molecule has 4 rings (SSSR count). The van der Waals surface area contributed by atoms with Crippen LogP contribution in [0.15, 0.2) is 16.5 Å². The van der Waals surface area contributed by atoms with Crippen LogP contribution in [0.2, 0.25) is 0 Å². The Hall–Kier alpha value is -1.79. The first-order valence-electron chi connectivity index (χ1n) is 8.73. The molecule has 0 atom stereocenters. The van der Waals surface area contributed by atoms with Crippen molar-refractivity contribution >= 4 is 39.9 Å². The molecule has 2 heterocycles. The van der Waals surface area contributed by atoms with E-state index in [4.69, 9.17) is 0 Å². The zero-order valence-electron chi connectivity index (χ0n) is 14.2. The highest BCUT2D eigenvalue weighted by Gasteiger charge is 2.27. The molecule has 130 valence electrons. The van der Waals surface area contributed by atoms with E-state index in [0.717, 1.165) is 53.2 Å². The second-order valence-electron chi connectivity index (χ2n) is 6.64. The molecule has 1 amide bonds. The van der Waals surface area contributed by atoms with Gasteiger partial charge in [0.15, 0.2) is 0 Å². The Morgan fingerprint density at radius 1 is 1.20 bits per heavy atom. The van der Waals surface area contributed by atoms with Gasteiger partial charge in [0.25, 0.3) is 5.91 Å². The van der Waals surface area contributed by atoms with Crippen LogP contribution in [0.25, 0.3) is 10.6 Å². The summed E-state index contributed by atoms with van der Waals surface area (Å²) >= 11 is 3.31. The van der Waals surface area contributed by atoms with E-state index < -0.39 is 0 Å². The molecule has 2 aliphatic carbocycles. The summed E-state index contributed by atoms with van der Waals surface area (Å²) in [6.45, 7) is 1.99. The number of anilines is 1. The molecule has 0 fully saturated rings. The normalized spacial score (nSPS) is 16.8. The van der Waals surface area contributed by atoms with Gasteiger partial charge in [-0.3, -0.25) is 9.59 Å². The average molecular weight is 373 g/mol. The molecular weight excluding hydrogens is 352 g/mol. The molecule has 1 N–H and O–H groups in total. The number of hydrogen-bond donors (Lipinski definition) is 1. The first kappa shape index (κ1) is 16.7. The van der Waals surface area contributed by atoms with Gasteiger partial charge in [0.05, 0.1) is 0 Å². The van der Waals surface area contributed by atoms with Crippen LogP contribution in [0.3, 0.4) is 0 Å². The van der Waals surface area contributed by atoms with Gasteiger partial charge >= 0.3 is 0 Å². The Kier molecular flexibility index (Phi) is 4.56. The third-order valence-electron chi connectivity index (χ3n) is 4.91.